The molecule has 0 radical (unpaired) electrons. The third-order valence-electron chi connectivity index (χ3n) is 5.79. The average Bonchev–Trinajstić information content (AvgIpc) is 2.75. The molecule has 2 aromatic rings. The van der Waals surface area contributed by atoms with Gasteiger partial charge in [-0.05, 0) is 21.5 Å². The molecule has 1 saturated heterocycles. The first kappa shape index (κ1) is 21.0. The van der Waals surface area contributed by atoms with E-state index >= 15 is 0 Å². The van der Waals surface area contributed by atoms with Gasteiger partial charge in [-0.1, -0.05) is 81.4 Å². The Morgan fingerprint density at radius 3 is 2.13 bits per heavy atom. The molecule has 5 nitrogen and oxygen atoms in total. The lowest BCUT2D eigenvalue weighted by atomic mass is 10.0. The molecule has 30 heavy (non-hydrogen) atoms. The number of hydrogen-bond donors (Lipinski definition) is 0. The van der Waals surface area contributed by atoms with Gasteiger partial charge in [0.05, 0.1) is 6.61 Å². The van der Waals surface area contributed by atoms with Crippen LogP contribution in [0, 0.1) is 0 Å². The molecule has 0 aromatic heterocycles. The third-order valence-corrected chi connectivity index (χ3v) is 10.8. The van der Waals surface area contributed by atoms with Gasteiger partial charge in [-0.25, -0.2) is 4.79 Å². The first-order chi connectivity index (χ1) is 14.4. The summed E-state index contributed by atoms with van der Waals surface area (Å²) in [7, 11) is -2.69. The van der Waals surface area contributed by atoms with Crippen molar-refractivity contribution < 1.29 is 23.4 Å². The monoisotopic (exact) mass is 424 g/mol. The highest BCUT2D eigenvalue weighted by atomic mass is 28.4. The summed E-state index contributed by atoms with van der Waals surface area (Å²) in [5, 5.41) is 2.27. The molecule has 158 valence electrons. The zero-order chi connectivity index (χ0) is 21.2. The van der Waals surface area contributed by atoms with Gasteiger partial charge in [-0.3, -0.25) is 0 Å². The number of carbonyl (C=O) groups is 1. The van der Waals surface area contributed by atoms with Crippen LogP contribution in [-0.4, -0.2) is 46.0 Å². The van der Waals surface area contributed by atoms with Crippen LogP contribution < -0.4 is 10.4 Å². The van der Waals surface area contributed by atoms with E-state index in [9.17, 15) is 4.79 Å². The minimum absolute atomic E-state index is 0.135. The van der Waals surface area contributed by atoms with E-state index in [2.05, 4.69) is 69.3 Å². The number of esters is 1. The molecule has 2 aromatic carbocycles. The summed E-state index contributed by atoms with van der Waals surface area (Å²) in [6.45, 7) is 7.17. The Labute approximate surface area is 178 Å². The maximum Gasteiger partial charge on any atom is 0.330 e. The topological polar surface area (TPSA) is 54.0 Å². The number of fused-ring (bicyclic) bond motifs is 1. The van der Waals surface area contributed by atoms with Gasteiger partial charge in [0.15, 0.2) is 6.10 Å². The maximum absolute atomic E-state index is 11.8. The number of rotatable bonds is 5. The number of hydrogen-bond acceptors (Lipinski definition) is 5. The number of ether oxygens (including phenoxy) is 3. The van der Waals surface area contributed by atoms with Crippen LogP contribution in [0.1, 0.15) is 20.8 Å². The second-order valence-corrected chi connectivity index (χ2v) is 13.0. The van der Waals surface area contributed by atoms with Crippen molar-refractivity contribution in [2.75, 3.05) is 13.4 Å². The van der Waals surface area contributed by atoms with Crippen LogP contribution in [0.5, 0.6) is 0 Å². The lowest BCUT2D eigenvalue weighted by Crippen LogP contribution is -2.67. The average molecular weight is 425 g/mol. The summed E-state index contributed by atoms with van der Waals surface area (Å²) in [6, 6.07) is 20.9. The van der Waals surface area contributed by atoms with Gasteiger partial charge in [0, 0.05) is 6.08 Å². The highest BCUT2D eigenvalue weighted by Gasteiger charge is 2.51. The molecule has 0 spiro atoms. The van der Waals surface area contributed by atoms with Crippen molar-refractivity contribution in [1.82, 2.24) is 0 Å². The molecule has 0 aliphatic carbocycles. The molecule has 2 aliphatic rings. The molecule has 2 aliphatic heterocycles. The first-order valence-electron chi connectivity index (χ1n) is 10.3. The van der Waals surface area contributed by atoms with Gasteiger partial charge in [0.2, 0.25) is 0 Å². The molecular formula is C24H28O5Si. The number of carbonyl (C=O) groups excluding carboxylic acids is 1. The van der Waals surface area contributed by atoms with E-state index in [1.807, 2.05) is 12.1 Å². The van der Waals surface area contributed by atoms with Crippen LogP contribution >= 0.6 is 0 Å². The Morgan fingerprint density at radius 1 is 0.967 bits per heavy atom. The van der Waals surface area contributed by atoms with Gasteiger partial charge < -0.3 is 18.6 Å². The summed E-state index contributed by atoms with van der Waals surface area (Å²) in [6.07, 6.45) is 1.96. The Kier molecular flexibility index (Phi) is 5.93. The van der Waals surface area contributed by atoms with Crippen molar-refractivity contribution in [1.29, 1.82) is 0 Å². The minimum atomic E-state index is -2.69. The van der Waals surface area contributed by atoms with Crippen LogP contribution in [0.4, 0.5) is 0 Å². The smallest absolute Gasteiger partial charge is 0.330 e. The van der Waals surface area contributed by atoms with Crippen molar-refractivity contribution in [2.45, 2.75) is 44.1 Å². The van der Waals surface area contributed by atoms with Crippen LogP contribution in [0.3, 0.4) is 0 Å². The van der Waals surface area contributed by atoms with Gasteiger partial charge in [-0.2, -0.15) is 0 Å². The molecule has 2 heterocycles. The fourth-order valence-corrected chi connectivity index (χ4v) is 8.94. The van der Waals surface area contributed by atoms with E-state index in [1.165, 1.54) is 16.4 Å². The Balaban J connectivity index is 1.70. The highest BCUT2D eigenvalue weighted by molar-refractivity contribution is 6.99. The maximum atomic E-state index is 11.8. The van der Waals surface area contributed by atoms with Crippen LogP contribution in [0.2, 0.25) is 5.04 Å². The molecule has 1 fully saturated rings. The minimum Gasteiger partial charge on any atom is -0.453 e. The van der Waals surface area contributed by atoms with Gasteiger partial charge in [0.25, 0.3) is 8.32 Å². The molecule has 4 rings (SSSR count). The SMILES string of the molecule is CC(C)(C)[Si](OC[C@H]1OCO[C@H]2C=CC(=O)O[C@H]21)(c1ccccc1)c1ccccc1. The summed E-state index contributed by atoms with van der Waals surface area (Å²) < 4.78 is 23.9. The predicted molar refractivity (Wildman–Crippen MR) is 117 cm³/mol. The lowest BCUT2D eigenvalue weighted by Gasteiger charge is -2.45. The van der Waals surface area contributed by atoms with E-state index in [0.717, 1.165) is 0 Å². The van der Waals surface area contributed by atoms with Crippen molar-refractivity contribution in [2.24, 2.45) is 0 Å². The normalized spacial score (nSPS) is 24.2. The van der Waals surface area contributed by atoms with E-state index in [4.69, 9.17) is 18.6 Å². The molecule has 0 bridgehead atoms. The largest absolute Gasteiger partial charge is 0.453 e. The Bertz CT molecular complexity index is 851. The fraction of sp³-hybridized carbons (Fsp3) is 0.375. The third kappa shape index (κ3) is 3.88. The molecule has 0 N–H and O–H groups in total. The fourth-order valence-electron chi connectivity index (χ4n) is 4.37. The Hall–Kier alpha value is -2.25. The second kappa shape index (κ2) is 8.47. The van der Waals surface area contributed by atoms with E-state index in [1.54, 1.807) is 6.08 Å². The van der Waals surface area contributed by atoms with Crippen molar-refractivity contribution in [3.05, 3.63) is 72.8 Å². The van der Waals surface area contributed by atoms with Crippen LogP contribution in [-0.2, 0) is 23.4 Å². The summed E-state index contributed by atoms with van der Waals surface area (Å²) in [5.74, 6) is -0.374. The summed E-state index contributed by atoms with van der Waals surface area (Å²) >= 11 is 0. The molecule has 3 atom stereocenters. The van der Waals surface area contributed by atoms with Crippen molar-refractivity contribution in [3.8, 4) is 0 Å². The lowest BCUT2D eigenvalue weighted by molar-refractivity contribution is -0.235. The zero-order valence-electron chi connectivity index (χ0n) is 17.6. The Morgan fingerprint density at radius 2 is 1.57 bits per heavy atom. The summed E-state index contributed by atoms with van der Waals surface area (Å²) in [4.78, 5) is 11.8. The van der Waals surface area contributed by atoms with Gasteiger partial charge >= 0.3 is 5.97 Å². The highest BCUT2D eigenvalue weighted by Crippen LogP contribution is 2.37. The van der Waals surface area contributed by atoms with E-state index in [-0.39, 0.29) is 30.0 Å². The van der Waals surface area contributed by atoms with E-state index in [0.29, 0.717) is 6.61 Å². The predicted octanol–water partition coefficient (Wildman–Crippen LogP) is 2.79. The van der Waals surface area contributed by atoms with Crippen LogP contribution in [0.25, 0.3) is 0 Å². The molecule has 6 heteroatoms. The van der Waals surface area contributed by atoms with E-state index < -0.39 is 14.4 Å². The molecule has 0 amide bonds. The quantitative estimate of drug-likeness (QED) is 0.546. The van der Waals surface area contributed by atoms with Gasteiger partial charge in [-0.15, -0.1) is 0 Å². The first-order valence-corrected chi connectivity index (χ1v) is 12.2. The second-order valence-electron chi connectivity index (χ2n) is 8.69. The number of benzene rings is 2. The van der Waals surface area contributed by atoms with Gasteiger partial charge in [0.1, 0.15) is 19.0 Å². The zero-order valence-corrected chi connectivity index (χ0v) is 18.6. The van der Waals surface area contributed by atoms with Crippen LogP contribution in [0.15, 0.2) is 72.8 Å². The van der Waals surface area contributed by atoms with Crippen molar-refractivity contribution in [3.63, 3.8) is 0 Å². The summed E-state index contributed by atoms with van der Waals surface area (Å²) in [5.41, 5.74) is 0. The molecule has 0 saturated carbocycles. The molecule has 0 unspecified atom stereocenters. The standard InChI is InChI=1S/C24H28O5Si/c1-24(2,3)30(18-10-6-4-7-11-18,19-12-8-5-9-13-19)28-16-21-23-20(26-17-27-21)14-15-22(25)29-23/h4-15,20-21,23H,16-17H2,1-3H3/t20-,21+,23+/m0/s1. The molecular weight excluding hydrogens is 396 g/mol. The van der Waals surface area contributed by atoms with Crippen molar-refractivity contribution >= 4 is 24.7 Å².